The lowest BCUT2D eigenvalue weighted by molar-refractivity contribution is 0.101. The molecule has 0 fully saturated rings. The number of ketones is 2. The third kappa shape index (κ3) is 1.78. The van der Waals surface area contributed by atoms with E-state index < -0.39 is 0 Å². The Morgan fingerprint density at radius 2 is 1.50 bits per heavy atom. The summed E-state index contributed by atoms with van der Waals surface area (Å²) in [5.74, 6) is -0.233. The van der Waals surface area contributed by atoms with Crippen molar-refractivity contribution in [1.29, 1.82) is 0 Å². The fourth-order valence-corrected chi connectivity index (χ4v) is 0.891. The first-order chi connectivity index (χ1) is 5.61. The van der Waals surface area contributed by atoms with Gasteiger partial charge in [0.1, 0.15) is 0 Å². The zero-order valence-electron chi connectivity index (χ0n) is 6.83. The molecule has 12 heavy (non-hydrogen) atoms. The number of carbonyl (C=O) groups is 2. The lowest BCUT2D eigenvalue weighted by atomic mass is 10.1. The maximum atomic E-state index is 10.8. The van der Waals surface area contributed by atoms with Crippen LogP contribution in [0.2, 0.25) is 0 Å². The molecule has 0 spiro atoms. The maximum Gasteiger partial charge on any atom is 0.163 e. The van der Waals surface area contributed by atoms with Crippen LogP contribution >= 0.6 is 0 Å². The summed E-state index contributed by atoms with van der Waals surface area (Å²) in [4.78, 5) is 21.6. The third-order valence-electron chi connectivity index (χ3n) is 1.61. The van der Waals surface area contributed by atoms with Crippen LogP contribution in [0.4, 0.5) is 0 Å². The van der Waals surface area contributed by atoms with Crippen molar-refractivity contribution in [1.82, 2.24) is 0 Å². The molecule has 2 nitrogen and oxygen atoms in total. The Labute approximate surface area is 71.2 Å². The van der Waals surface area contributed by atoms with Crippen LogP contribution in [0.25, 0.3) is 0 Å². The molecule has 0 saturated carbocycles. The van der Waals surface area contributed by atoms with Gasteiger partial charge in [-0.2, -0.15) is 0 Å². The van der Waals surface area contributed by atoms with Crippen LogP contribution in [-0.4, -0.2) is 11.6 Å². The molecule has 0 bridgehead atoms. The lowest BCUT2D eigenvalue weighted by Gasteiger charge is -1.96. The summed E-state index contributed by atoms with van der Waals surface area (Å²) in [5.41, 5.74) is 1.14. The normalized spacial score (nSPS) is 9.50. The zero-order chi connectivity index (χ0) is 9.14. The molecule has 0 aliphatic heterocycles. The van der Waals surface area contributed by atoms with E-state index in [9.17, 15) is 9.59 Å². The minimum absolute atomic E-state index is 0.00180. The Kier molecular flexibility index (Phi) is 2.38. The Balaban J connectivity index is 3.01. The highest BCUT2D eigenvalue weighted by Gasteiger charge is 2.00. The van der Waals surface area contributed by atoms with Crippen molar-refractivity contribution in [3.8, 4) is 0 Å². The highest BCUT2D eigenvalue weighted by molar-refractivity contribution is 6.00. The van der Waals surface area contributed by atoms with Crippen LogP contribution in [-0.2, 0) is 0 Å². The number of carbonyl (C=O) groups excluding carboxylic acids is 2. The standard InChI is InChI=1S/C10H9O2/c1-7(11)9-3-5-10(6-4-9)8(2)12/h3-6H,1H2,2H3. The van der Waals surface area contributed by atoms with Crippen LogP contribution in [0.1, 0.15) is 27.6 Å². The summed E-state index contributed by atoms with van der Waals surface area (Å²) in [6.45, 7) is 4.75. The predicted molar refractivity (Wildman–Crippen MR) is 46.1 cm³/mol. The molecular weight excluding hydrogens is 152 g/mol. The van der Waals surface area contributed by atoms with Crippen LogP contribution in [0, 0.1) is 6.92 Å². The van der Waals surface area contributed by atoms with E-state index in [4.69, 9.17) is 0 Å². The second-order valence-electron chi connectivity index (χ2n) is 2.56. The second-order valence-corrected chi connectivity index (χ2v) is 2.56. The molecule has 0 heterocycles. The van der Waals surface area contributed by atoms with E-state index in [2.05, 4.69) is 6.92 Å². The second kappa shape index (κ2) is 3.30. The van der Waals surface area contributed by atoms with Crippen LogP contribution < -0.4 is 0 Å². The van der Waals surface area contributed by atoms with Crippen LogP contribution in [0.15, 0.2) is 24.3 Å². The van der Waals surface area contributed by atoms with Crippen molar-refractivity contribution in [3.63, 3.8) is 0 Å². The smallest absolute Gasteiger partial charge is 0.163 e. The van der Waals surface area contributed by atoms with E-state index in [1.165, 1.54) is 6.92 Å². The van der Waals surface area contributed by atoms with Gasteiger partial charge in [0.25, 0.3) is 0 Å². The minimum Gasteiger partial charge on any atom is -0.295 e. The summed E-state index contributed by atoms with van der Waals surface area (Å²) in [7, 11) is 0. The number of Topliss-reactive ketones (excluding diaryl/α,β-unsaturated/α-hetero) is 2. The highest BCUT2D eigenvalue weighted by atomic mass is 16.1. The molecule has 0 aliphatic rings. The molecular formula is C10H9O2. The Morgan fingerprint density at radius 3 is 1.83 bits per heavy atom. The van der Waals surface area contributed by atoms with Gasteiger partial charge in [-0.25, -0.2) is 0 Å². The van der Waals surface area contributed by atoms with Gasteiger partial charge in [-0.05, 0) is 6.92 Å². The molecule has 61 valence electrons. The van der Waals surface area contributed by atoms with Crippen molar-refractivity contribution in [2.24, 2.45) is 0 Å². The van der Waals surface area contributed by atoms with Crippen molar-refractivity contribution in [2.45, 2.75) is 6.92 Å². The zero-order valence-corrected chi connectivity index (χ0v) is 6.83. The highest BCUT2D eigenvalue weighted by Crippen LogP contribution is 2.05. The third-order valence-corrected chi connectivity index (χ3v) is 1.61. The topological polar surface area (TPSA) is 34.1 Å². The van der Waals surface area contributed by atoms with Crippen molar-refractivity contribution < 1.29 is 9.59 Å². The van der Waals surface area contributed by atoms with E-state index >= 15 is 0 Å². The SMILES string of the molecule is [CH2]C(=O)c1ccc(C(C)=O)cc1. The largest absolute Gasteiger partial charge is 0.295 e. The molecule has 0 atom stereocenters. The predicted octanol–water partition coefficient (Wildman–Crippen LogP) is 1.91. The van der Waals surface area contributed by atoms with Gasteiger partial charge >= 0.3 is 0 Å². The summed E-state index contributed by atoms with van der Waals surface area (Å²) in [5, 5.41) is 0. The minimum atomic E-state index is -0.231. The van der Waals surface area contributed by atoms with E-state index in [-0.39, 0.29) is 11.6 Å². The van der Waals surface area contributed by atoms with Gasteiger partial charge in [0.05, 0.1) is 0 Å². The molecule has 1 aromatic rings. The van der Waals surface area contributed by atoms with Gasteiger partial charge in [-0.1, -0.05) is 24.3 Å². The molecule has 0 N–H and O–H groups in total. The number of hydrogen-bond donors (Lipinski definition) is 0. The van der Waals surface area contributed by atoms with Gasteiger partial charge in [0, 0.05) is 18.1 Å². The van der Waals surface area contributed by atoms with E-state index in [1.807, 2.05) is 0 Å². The summed E-state index contributed by atoms with van der Waals surface area (Å²) >= 11 is 0. The van der Waals surface area contributed by atoms with E-state index in [1.54, 1.807) is 24.3 Å². The fourth-order valence-electron chi connectivity index (χ4n) is 0.891. The molecule has 2 heteroatoms. The molecule has 0 amide bonds. The average Bonchev–Trinajstić information content (AvgIpc) is 2.04. The van der Waals surface area contributed by atoms with E-state index in [0.29, 0.717) is 11.1 Å². The summed E-state index contributed by atoms with van der Waals surface area (Å²) in [6, 6.07) is 6.46. The number of hydrogen-bond acceptors (Lipinski definition) is 2. The molecule has 0 saturated heterocycles. The average molecular weight is 161 g/mol. The lowest BCUT2D eigenvalue weighted by Crippen LogP contribution is -1.95. The Bertz CT molecular complexity index is 276. The quantitative estimate of drug-likeness (QED) is 0.621. The first-order valence-electron chi connectivity index (χ1n) is 3.58. The summed E-state index contributed by atoms with van der Waals surface area (Å²) < 4.78 is 0. The Morgan fingerprint density at radius 1 is 1.08 bits per heavy atom. The van der Waals surface area contributed by atoms with Crippen LogP contribution in [0.3, 0.4) is 0 Å². The molecule has 1 rings (SSSR count). The van der Waals surface area contributed by atoms with Gasteiger partial charge in [0.15, 0.2) is 11.6 Å². The molecule has 0 aliphatic carbocycles. The fraction of sp³-hybridized carbons (Fsp3) is 0.100. The van der Waals surface area contributed by atoms with Gasteiger partial charge in [-0.3, -0.25) is 9.59 Å². The summed E-state index contributed by atoms with van der Waals surface area (Å²) in [6.07, 6.45) is 0. The first kappa shape index (κ1) is 8.65. The monoisotopic (exact) mass is 161 g/mol. The van der Waals surface area contributed by atoms with E-state index in [0.717, 1.165) is 0 Å². The number of benzene rings is 1. The maximum absolute atomic E-state index is 10.8. The molecule has 0 aromatic heterocycles. The van der Waals surface area contributed by atoms with Crippen LogP contribution in [0.5, 0.6) is 0 Å². The van der Waals surface area contributed by atoms with Crippen molar-refractivity contribution in [3.05, 3.63) is 42.3 Å². The molecule has 1 aromatic carbocycles. The molecule has 0 unspecified atom stereocenters. The first-order valence-corrected chi connectivity index (χ1v) is 3.58. The number of rotatable bonds is 2. The van der Waals surface area contributed by atoms with Gasteiger partial charge in [-0.15, -0.1) is 0 Å². The van der Waals surface area contributed by atoms with Crippen molar-refractivity contribution >= 4 is 11.6 Å². The van der Waals surface area contributed by atoms with Gasteiger partial charge < -0.3 is 0 Å². The van der Waals surface area contributed by atoms with Gasteiger partial charge in [0.2, 0.25) is 0 Å². The molecule has 1 radical (unpaired) electrons. The Hall–Kier alpha value is -1.44. The van der Waals surface area contributed by atoms with Crippen molar-refractivity contribution in [2.75, 3.05) is 0 Å².